The Morgan fingerprint density at radius 1 is 1.27 bits per heavy atom. The molecule has 0 saturated carbocycles. The number of benzene rings is 2. The number of nitrogens with zero attached hydrogens (tertiary/aromatic N) is 3. The summed E-state index contributed by atoms with van der Waals surface area (Å²) in [7, 11) is 0. The molecule has 5 nitrogen and oxygen atoms in total. The Kier molecular flexibility index (Phi) is 4.08. The quantitative estimate of drug-likeness (QED) is 0.328. The van der Waals surface area contributed by atoms with Gasteiger partial charge < -0.3 is 4.98 Å². The standard InChI is InChI=1S/C16H13N5S/c1-22-16(18-10-17)19-12-6-4-5-11(9-12)15-20-13-7-2-3-8-14(13)21-15/h2-9H,1H3,(H,18,19)(H,20,21). The molecule has 1 heterocycles. The summed E-state index contributed by atoms with van der Waals surface area (Å²) < 4.78 is 0. The number of nitriles is 1. The Labute approximate surface area is 132 Å². The van der Waals surface area contributed by atoms with Gasteiger partial charge in [0.15, 0.2) is 11.4 Å². The molecule has 0 fully saturated rings. The summed E-state index contributed by atoms with van der Waals surface area (Å²) in [5.74, 6) is 0.803. The van der Waals surface area contributed by atoms with Crippen LogP contribution in [0.3, 0.4) is 0 Å². The Morgan fingerprint density at radius 2 is 2.14 bits per heavy atom. The van der Waals surface area contributed by atoms with E-state index in [1.54, 1.807) is 0 Å². The van der Waals surface area contributed by atoms with E-state index in [0.717, 1.165) is 28.1 Å². The lowest BCUT2D eigenvalue weighted by Gasteiger charge is -2.01. The van der Waals surface area contributed by atoms with Crippen molar-refractivity contribution in [1.29, 1.82) is 5.26 Å². The zero-order valence-corrected chi connectivity index (χ0v) is 12.7. The van der Waals surface area contributed by atoms with Crippen molar-refractivity contribution in [3.8, 4) is 17.6 Å². The number of para-hydroxylation sites is 2. The van der Waals surface area contributed by atoms with Gasteiger partial charge >= 0.3 is 0 Å². The van der Waals surface area contributed by atoms with Crippen LogP contribution in [-0.2, 0) is 0 Å². The van der Waals surface area contributed by atoms with Crippen LogP contribution in [0.2, 0.25) is 0 Å². The lowest BCUT2D eigenvalue weighted by Crippen LogP contribution is -2.12. The maximum Gasteiger partial charge on any atom is 0.183 e. The second-order valence-corrected chi connectivity index (χ2v) is 5.31. The molecular weight excluding hydrogens is 294 g/mol. The summed E-state index contributed by atoms with van der Waals surface area (Å²) in [5, 5.41) is 11.8. The highest BCUT2D eigenvalue weighted by Gasteiger charge is 2.05. The number of imidazole rings is 1. The van der Waals surface area contributed by atoms with E-state index < -0.39 is 0 Å². The summed E-state index contributed by atoms with van der Waals surface area (Å²) >= 11 is 1.39. The first-order valence-electron chi connectivity index (χ1n) is 6.63. The predicted molar refractivity (Wildman–Crippen MR) is 90.9 cm³/mol. The fourth-order valence-corrected chi connectivity index (χ4v) is 2.45. The Morgan fingerprint density at radius 3 is 2.91 bits per heavy atom. The van der Waals surface area contributed by atoms with Crippen molar-refractivity contribution >= 4 is 33.7 Å². The summed E-state index contributed by atoms with van der Waals surface area (Å²) in [6.07, 6.45) is 3.75. The number of hydrogen-bond acceptors (Lipinski definition) is 4. The number of thioether (sulfide) groups is 1. The molecule has 2 N–H and O–H groups in total. The van der Waals surface area contributed by atoms with Gasteiger partial charge in [0.05, 0.1) is 16.7 Å². The molecule has 108 valence electrons. The minimum absolute atomic E-state index is 0.559. The second-order valence-electron chi connectivity index (χ2n) is 4.51. The van der Waals surface area contributed by atoms with E-state index in [-0.39, 0.29) is 0 Å². The molecule has 1 aromatic heterocycles. The van der Waals surface area contributed by atoms with Gasteiger partial charge in [-0.15, -0.1) is 0 Å². The molecule has 0 aliphatic carbocycles. The molecule has 0 aliphatic rings. The molecule has 0 radical (unpaired) electrons. The van der Waals surface area contributed by atoms with E-state index in [1.807, 2.05) is 61.0 Å². The monoisotopic (exact) mass is 307 g/mol. The third-order valence-electron chi connectivity index (χ3n) is 3.10. The summed E-state index contributed by atoms with van der Waals surface area (Å²) in [4.78, 5) is 12.3. The molecule has 2 aromatic carbocycles. The minimum Gasteiger partial charge on any atom is -0.338 e. The van der Waals surface area contributed by atoms with E-state index in [2.05, 4.69) is 20.3 Å². The number of fused-ring (bicyclic) bond motifs is 1. The van der Waals surface area contributed by atoms with Crippen molar-refractivity contribution in [1.82, 2.24) is 15.3 Å². The van der Waals surface area contributed by atoms with Crippen LogP contribution in [0.4, 0.5) is 5.69 Å². The number of hydrogen-bond donors (Lipinski definition) is 2. The lowest BCUT2D eigenvalue weighted by molar-refractivity contribution is 1.28. The van der Waals surface area contributed by atoms with Crippen molar-refractivity contribution in [3.63, 3.8) is 0 Å². The van der Waals surface area contributed by atoms with Crippen LogP contribution < -0.4 is 5.32 Å². The number of rotatable bonds is 2. The summed E-state index contributed by atoms with van der Waals surface area (Å²) in [6.45, 7) is 0. The van der Waals surface area contributed by atoms with Crippen molar-refractivity contribution in [3.05, 3.63) is 48.5 Å². The zero-order chi connectivity index (χ0) is 15.4. The van der Waals surface area contributed by atoms with Crippen LogP contribution in [0.1, 0.15) is 0 Å². The molecule has 0 aliphatic heterocycles. The summed E-state index contributed by atoms with van der Waals surface area (Å²) in [5.41, 5.74) is 3.66. The molecular formula is C16H13N5S. The first-order valence-corrected chi connectivity index (χ1v) is 7.85. The number of aliphatic imine (C=N–C) groups is 1. The number of H-pyrrole nitrogens is 1. The maximum atomic E-state index is 8.69. The molecule has 3 aromatic rings. The van der Waals surface area contributed by atoms with Gasteiger partial charge in [0.2, 0.25) is 0 Å². The fraction of sp³-hybridized carbons (Fsp3) is 0.0625. The van der Waals surface area contributed by atoms with Crippen molar-refractivity contribution < 1.29 is 0 Å². The predicted octanol–water partition coefficient (Wildman–Crippen LogP) is 3.65. The Bertz CT molecular complexity index is 842. The first-order chi connectivity index (χ1) is 10.8. The van der Waals surface area contributed by atoms with Crippen molar-refractivity contribution in [2.24, 2.45) is 4.99 Å². The highest BCUT2D eigenvalue weighted by molar-refractivity contribution is 8.13. The van der Waals surface area contributed by atoms with Crippen LogP contribution in [0.5, 0.6) is 0 Å². The molecule has 3 rings (SSSR count). The average molecular weight is 307 g/mol. The van der Waals surface area contributed by atoms with Crippen LogP contribution in [0.25, 0.3) is 22.4 Å². The maximum absolute atomic E-state index is 8.69. The molecule has 0 atom stereocenters. The van der Waals surface area contributed by atoms with Gasteiger partial charge in [0.25, 0.3) is 0 Å². The largest absolute Gasteiger partial charge is 0.338 e. The van der Waals surface area contributed by atoms with Crippen molar-refractivity contribution in [2.45, 2.75) is 0 Å². The molecule has 0 spiro atoms. The Hall–Kier alpha value is -2.78. The van der Waals surface area contributed by atoms with E-state index in [1.165, 1.54) is 11.8 Å². The molecule has 0 amide bonds. The number of amidine groups is 1. The molecule has 22 heavy (non-hydrogen) atoms. The number of aromatic nitrogens is 2. The normalized spacial score (nSPS) is 11.4. The van der Waals surface area contributed by atoms with Gasteiger partial charge in [-0.05, 0) is 30.5 Å². The van der Waals surface area contributed by atoms with E-state index >= 15 is 0 Å². The van der Waals surface area contributed by atoms with Crippen LogP contribution in [0.15, 0.2) is 53.5 Å². The van der Waals surface area contributed by atoms with Crippen LogP contribution >= 0.6 is 11.8 Å². The lowest BCUT2D eigenvalue weighted by atomic mass is 10.2. The Balaban J connectivity index is 1.99. The minimum atomic E-state index is 0.559. The SMILES string of the molecule is CSC(=Nc1cccc(-c2nc3ccccc3[nH]2)c1)NC#N. The van der Waals surface area contributed by atoms with Gasteiger partial charge in [-0.25, -0.2) is 9.98 Å². The highest BCUT2D eigenvalue weighted by atomic mass is 32.2. The highest BCUT2D eigenvalue weighted by Crippen LogP contribution is 2.24. The number of nitrogens with one attached hydrogen (secondary N) is 2. The molecule has 0 saturated heterocycles. The van der Waals surface area contributed by atoms with Gasteiger partial charge in [0, 0.05) is 5.56 Å². The average Bonchev–Trinajstić information content (AvgIpc) is 2.99. The van der Waals surface area contributed by atoms with E-state index in [4.69, 9.17) is 5.26 Å². The van der Waals surface area contributed by atoms with Crippen LogP contribution in [-0.4, -0.2) is 21.4 Å². The smallest absolute Gasteiger partial charge is 0.183 e. The molecule has 6 heteroatoms. The molecule has 0 unspecified atom stereocenters. The molecule has 0 bridgehead atoms. The van der Waals surface area contributed by atoms with Gasteiger partial charge in [0.1, 0.15) is 5.82 Å². The zero-order valence-electron chi connectivity index (χ0n) is 11.9. The topological polar surface area (TPSA) is 76.9 Å². The van der Waals surface area contributed by atoms with E-state index in [9.17, 15) is 0 Å². The van der Waals surface area contributed by atoms with Crippen LogP contribution in [0, 0.1) is 11.5 Å². The second kappa shape index (κ2) is 6.33. The third-order valence-corrected chi connectivity index (χ3v) is 3.68. The fourth-order valence-electron chi connectivity index (χ4n) is 2.10. The van der Waals surface area contributed by atoms with Crippen molar-refractivity contribution in [2.75, 3.05) is 6.26 Å². The first kappa shape index (κ1) is 14.2. The summed E-state index contributed by atoms with van der Waals surface area (Å²) in [6, 6.07) is 15.6. The number of aromatic amines is 1. The van der Waals surface area contributed by atoms with E-state index in [0.29, 0.717) is 5.17 Å². The van der Waals surface area contributed by atoms with Gasteiger partial charge in [-0.1, -0.05) is 36.0 Å². The third kappa shape index (κ3) is 2.95. The van der Waals surface area contributed by atoms with Gasteiger partial charge in [-0.2, -0.15) is 5.26 Å². The van der Waals surface area contributed by atoms with Gasteiger partial charge in [-0.3, -0.25) is 5.32 Å².